The van der Waals surface area contributed by atoms with Gasteiger partial charge in [-0.2, -0.15) is 0 Å². The molecule has 110 valence electrons. The summed E-state index contributed by atoms with van der Waals surface area (Å²) in [5.41, 5.74) is 1.57. The van der Waals surface area contributed by atoms with E-state index in [-0.39, 0.29) is 17.9 Å². The molecule has 1 heterocycles. The molecule has 0 saturated carbocycles. The monoisotopic (exact) mass is 348 g/mol. The molecule has 4 nitrogen and oxygen atoms in total. The second-order valence-corrected chi connectivity index (χ2v) is 5.77. The van der Waals surface area contributed by atoms with E-state index in [0.717, 1.165) is 12.8 Å². The Labute approximate surface area is 132 Å². The van der Waals surface area contributed by atoms with Crippen LogP contribution in [-0.2, 0) is 24.2 Å². The van der Waals surface area contributed by atoms with E-state index in [1.54, 1.807) is 6.20 Å². The van der Waals surface area contributed by atoms with Crippen molar-refractivity contribution in [2.45, 2.75) is 32.7 Å². The number of nitrogens with zero attached hydrogens (tertiary/aromatic N) is 2. The van der Waals surface area contributed by atoms with Gasteiger partial charge in [-0.05, 0) is 47.7 Å². The van der Waals surface area contributed by atoms with Gasteiger partial charge in [-0.15, -0.1) is 0 Å². The Morgan fingerprint density at radius 2 is 1.95 bits per heavy atom. The van der Waals surface area contributed by atoms with E-state index in [9.17, 15) is 9.59 Å². The number of hydrogen-bond acceptors (Lipinski definition) is 3. The fourth-order valence-corrected chi connectivity index (χ4v) is 2.54. The second kappa shape index (κ2) is 7.31. The lowest BCUT2D eigenvalue weighted by Crippen LogP contribution is -2.28. The molecule has 0 unspecified atom stereocenters. The number of aryl methyl sites for hydroxylation is 2. The number of Topliss-reactive ketones (excluding diaryl/α,β-unsaturated/α-hetero) is 1. The van der Waals surface area contributed by atoms with Gasteiger partial charge in [0.1, 0.15) is 16.1 Å². The van der Waals surface area contributed by atoms with Crippen molar-refractivity contribution in [1.82, 2.24) is 9.55 Å². The molecular weight excluding hydrogens is 332 g/mol. The van der Waals surface area contributed by atoms with Gasteiger partial charge in [0, 0.05) is 0 Å². The van der Waals surface area contributed by atoms with Crippen LogP contribution in [0.4, 0.5) is 0 Å². The van der Waals surface area contributed by atoms with E-state index in [2.05, 4.69) is 33.0 Å². The number of carbonyl (C=O) groups is 1. The third-order valence-corrected chi connectivity index (χ3v) is 3.81. The molecule has 0 atom stereocenters. The molecule has 21 heavy (non-hydrogen) atoms. The average molecular weight is 349 g/mol. The van der Waals surface area contributed by atoms with Crippen LogP contribution in [0, 0.1) is 0 Å². The quantitative estimate of drug-likeness (QED) is 0.806. The summed E-state index contributed by atoms with van der Waals surface area (Å²) in [5.74, 6) is -0.0563. The molecular formula is C16H17BrN2O2. The summed E-state index contributed by atoms with van der Waals surface area (Å²) < 4.78 is 1.96. The first-order chi connectivity index (χ1) is 10.1. The highest BCUT2D eigenvalue weighted by atomic mass is 79.9. The van der Waals surface area contributed by atoms with Crippen molar-refractivity contribution >= 4 is 21.7 Å². The fraction of sp³-hybridized carbons (Fsp3) is 0.312. The molecule has 0 saturated heterocycles. The van der Waals surface area contributed by atoms with Crippen LogP contribution in [-0.4, -0.2) is 15.3 Å². The number of ketones is 1. The lowest BCUT2D eigenvalue weighted by Gasteiger charge is -2.08. The van der Waals surface area contributed by atoms with E-state index < -0.39 is 0 Å². The molecule has 1 aromatic heterocycles. The number of rotatable bonds is 6. The number of aromatic nitrogens is 2. The Balaban J connectivity index is 2.07. The van der Waals surface area contributed by atoms with Gasteiger partial charge in [0.15, 0.2) is 0 Å². The van der Waals surface area contributed by atoms with Crippen molar-refractivity contribution in [3.63, 3.8) is 0 Å². The van der Waals surface area contributed by atoms with Crippen LogP contribution in [0.15, 0.2) is 45.9 Å². The van der Waals surface area contributed by atoms with E-state index >= 15 is 0 Å². The standard InChI is InChI=1S/C16H17BrN2O2/c1-12(20)11-19-15(17)10-18-14(16(19)21)9-5-8-13-6-3-2-4-7-13/h2-4,6-7,10H,5,8-9,11H2,1H3. The number of benzene rings is 1. The van der Waals surface area contributed by atoms with Crippen LogP contribution in [0.2, 0.25) is 0 Å². The van der Waals surface area contributed by atoms with Crippen LogP contribution in [0.1, 0.15) is 24.6 Å². The van der Waals surface area contributed by atoms with Gasteiger partial charge in [0.25, 0.3) is 5.56 Å². The summed E-state index contributed by atoms with van der Waals surface area (Å²) in [6, 6.07) is 10.1. The Kier molecular flexibility index (Phi) is 5.44. The summed E-state index contributed by atoms with van der Waals surface area (Å²) >= 11 is 3.26. The summed E-state index contributed by atoms with van der Waals surface area (Å²) in [7, 11) is 0. The fourth-order valence-electron chi connectivity index (χ4n) is 2.15. The molecule has 1 aromatic carbocycles. The molecule has 0 amide bonds. The lowest BCUT2D eigenvalue weighted by molar-refractivity contribution is -0.117. The number of carbonyl (C=O) groups excluding carboxylic acids is 1. The molecule has 5 heteroatoms. The third-order valence-electron chi connectivity index (χ3n) is 3.18. The maximum absolute atomic E-state index is 12.3. The predicted molar refractivity (Wildman–Crippen MR) is 85.3 cm³/mol. The Hall–Kier alpha value is -1.75. The van der Waals surface area contributed by atoms with Crippen LogP contribution < -0.4 is 5.56 Å². The van der Waals surface area contributed by atoms with Crippen molar-refractivity contribution < 1.29 is 4.79 Å². The molecule has 0 aliphatic rings. The molecule has 0 N–H and O–H groups in total. The average Bonchev–Trinajstić information content (AvgIpc) is 2.47. The van der Waals surface area contributed by atoms with Gasteiger partial charge < -0.3 is 0 Å². The minimum atomic E-state index is -0.187. The normalized spacial score (nSPS) is 10.6. The van der Waals surface area contributed by atoms with Gasteiger partial charge >= 0.3 is 0 Å². The van der Waals surface area contributed by atoms with E-state index in [1.807, 2.05) is 18.2 Å². The summed E-state index contributed by atoms with van der Waals surface area (Å²) in [4.78, 5) is 27.7. The molecule has 2 rings (SSSR count). The highest BCUT2D eigenvalue weighted by Crippen LogP contribution is 2.08. The van der Waals surface area contributed by atoms with Gasteiger partial charge in [-0.1, -0.05) is 30.3 Å². The maximum Gasteiger partial charge on any atom is 0.273 e. The molecule has 0 bridgehead atoms. The molecule has 0 fully saturated rings. The van der Waals surface area contributed by atoms with Crippen molar-refractivity contribution in [3.8, 4) is 0 Å². The first-order valence-corrected chi connectivity index (χ1v) is 7.65. The minimum Gasteiger partial charge on any atom is -0.298 e. The zero-order valence-electron chi connectivity index (χ0n) is 11.9. The zero-order chi connectivity index (χ0) is 15.2. The van der Waals surface area contributed by atoms with E-state index in [0.29, 0.717) is 16.7 Å². The number of hydrogen-bond donors (Lipinski definition) is 0. The zero-order valence-corrected chi connectivity index (χ0v) is 13.5. The Bertz CT molecular complexity index is 680. The Morgan fingerprint density at radius 1 is 1.24 bits per heavy atom. The van der Waals surface area contributed by atoms with Crippen LogP contribution in [0.25, 0.3) is 0 Å². The topological polar surface area (TPSA) is 52.0 Å². The summed E-state index contributed by atoms with van der Waals surface area (Å²) in [6.45, 7) is 1.54. The van der Waals surface area contributed by atoms with Crippen LogP contribution in [0.3, 0.4) is 0 Å². The first-order valence-electron chi connectivity index (χ1n) is 6.85. The maximum atomic E-state index is 12.3. The van der Waals surface area contributed by atoms with Gasteiger partial charge in [-0.25, -0.2) is 0 Å². The van der Waals surface area contributed by atoms with Crippen molar-refractivity contribution in [2.75, 3.05) is 0 Å². The first kappa shape index (κ1) is 15.6. The molecule has 2 aromatic rings. The predicted octanol–water partition coefficient (Wildman–Crippen LogP) is 2.77. The SMILES string of the molecule is CC(=O)Cn1c(Br)cnc(CCCc2ccccc2)c1=O. The third kappa shape index (κ3) is 4.36. The highest BCUT2D eigenvalue weighted by molar-refractivity contribution is 9.10. The smallest absolute Gasteiger partial charge is 0.273 e. The van der Waals surface area contributed by atoms with Crippen molar-refractivity contribution in [2.24, 2.45) is 0 Å². The lowest BCUT2D eigenvalue weighted by atomic mass is 10.1. The molecule has 0 aliphatic heterocycles. The Morgan fingerprint density at radius 3 is 2.62 bits per heavy atom. The highest BCUT2D eigenvalue weighted by Gasteiger charge is 2.10. The summed E-state index contributed by atoms with van der Waals surface area (Å²) in [5, 5.41) is 0. The van der Waals surface area contributed by atoms with Gasteiger partial charge in [0.05, 0.1) is 12.7 Å². The van der Waals surface area contributed by atoms with E-state index in [1.165, 1.54) is 17.1 Å². The minimum absolute atomic E-state index is 0.0563. The van der Waals surface area contributed by atoms with Crippen molar-refractivity contribution in [3.05, 3.63) is 62.7 Å². The largest absolute Gasteiger partial charge is 0.298 e. The number of halogens is 1. The van der Waals surface area contributed by atoms with E-state index in [4.69, 9.17) is 0 Å². The second-order valence-electron chi connectivity index (χ2n) is 4.96. The van der Waals surface area contributed by atoms with Gasteiger partial charge in [0.2, 0.25) is 0 Å². The van der Waals surface area contributed by atoms with Crippen LogP contribution in [0.5, 0.6) is 0 Å². The van der Waals surface area contributed by atoms with Crippen LogP contribution >= 0.6 is 15.9 Å². The molecule has 0 spiro atoms. The summed E-state index contributed by atoms with van der Waals surface area (Å²) in [6.07, 6.45) is 3.96. The van der Waals surface area contributed by atoms with Crippen molar-refractivity contribution in [1.29, 1.82) is 0 Å². The molecule has 0 radical (unpaired) electrons. The molecule has 0 aliphatic carbocycles. The van der Waals surface area contributed by atoms with Gasteiger partial charge in [-0.3, -0.25) is 19.1 Å².